The molecule has 4 rings (SSSR count). The number of hydroxylamine groups is 1. The third kappa shape index (κ3) is 12.3. The summed E-state index contributed by atoms with van der Waals surface area (Å²) in [5.74, 6) is -0.648. The van der Waals surface area contributed by atoms with E-state index in [2.05, 4.69) is 26.4 Å². The van der Waals surface area contributed by atoms with Crippen LogP contribution in [0.3, 0.4) is 0 Å². The standard InChI is InChI=1S/C40H51N5O7/c1-7-49-38(50-8-2)27(3)36(33-15-11-13-30-12-9-10-14-32(30)33)44-37(47)34(24-28-16-18-31(19-17-28)52-40(4,5)6)43-35(46)26-51-45-39(48)42-25-29-20-22-41-23-21-29/h9-23,27,34,36,38H,7-8,24-26H2,1-6H3,(H,43,46)(H,44,47)(H2,42,45,48)/t27-,34?,36-/m0/s1. The van der Waals surface area contributed by atoms with Crippen molar-refractivity contribution in [1.29, 1.82) is 0 Å². The molecule has 0 saturated carbocycles. The molecule has 12 heteroatoms. The molecule has 3 aromatic carbocycles. The van der Waals surface area contributed by atoms with Gasteiger partial charge in [0.2, 0.25) is 11.8 Å². The van der Waals surface area contributed by atoms with Crippen LogP contribution < -0.4 is 26.2 Å². The van der Waals surface area contributed by atoms with Gasteiger partial charge in [-0.15, -0.1) is 0 Å². The third-order valence-corrected chi connectivity index (χ3v) is 8.08. The maximum Gasteiger partial charge on any atom is 0.338 e. The van der Waals surface area contributed by atoms with Crippen LogP contribution in [0.4, 0.5) is 4.79 Å². The Morgan fingerprint density at radius 1 is 0.808 bits per heavy atom. The van der Waals surface area contributed by atoms with E-state index in [4.69, 9.17) is 19.0 Å². The highest BCUT2D eigenvalue weighted by atomic mass is 16.7. The minimum Gasteiger partial charge on any atom is -0.488 e. The van der Waals surface area contributed by atoms with Crippen LogP contribution in [0.2, 0.25) is 0 Å². The summed E-state index contributed by atoms with van der Waals surface area (Å²) in [6.07, 6.45) is 2.81. The van der Waals surface area contributed by atoms with Gasteiger partial charge in [0.25, 0.3) is 0 Å². The molecule has 12 nitrogen and oxygen atoms in total. The summed E-state index contributed by atoms with van der Waals surface area (Å²) in [6.45, 7) is 12.2. The fourth-order valence-corrected chi connectivity index (χ4v) is 5.72. The highest BCUT2D eigenvalue weighted by Gasteiger charge is 2.33. The summed E-state index contributed by atoms with van der Waals surface area (Å²) in [5, 5.41) is 10.7. The number of fused-ring (bicyclic) bond motifs is 1. The zero-order chi connectivity index (χ0) is 37.5. The van der Waals surface area contributed by atoms with Crippen LogP contribution in [-0.2, 0) is 36.9 Å². The maximum absolute atomic E-state index is 14.3. The molecule has 0 spiro atoms. The number of benzene rings is 3. The van der Waals surface area contributed by atoms with E-state index < -0.39 is 42.8 Å². The molecule has 0 aliphatic rings. The molecule has 0 aliphatic heterocycles. The number of ether oxygens (including phenoxy) is 3. The minimum atomic E-state index is -1.01. The summed E-state index contributed by atoms with van der Waals surface area (Å²) in [6, 6.07) is 22.7. The maximum atomic E-state index is 14.3. The summed E-state index contributed by atoms with van der Waals surface area (Å²) in [7, 11) is 0. The van der Waals surface area contributed by atoms with Gasteiger partial charge in [-0.3, -0.25) is 19.4 Å². The molecule has 4 aromatic rings. The molecular formula is C40H51N5O7. The van der Waals surface area contributed by atoms with E-state index in [9.17, 15) is 14.4 Å². The van der Waals surface area contributed by atoms with Crippen LogP contribution in [-0.4, -0.2) is 60.6 Å². The van der Waals surface area contributed by atoms with Crippen molar-refractivity contribution in [2.45, 2.75) is 78.5 Å². The van der Waals surface area contributed by atoms with E-state index in [-0.39, 0.29) is 24.5 Å². The van der Waals surface area contributed by atoms with Crippen molar-refractivity contribution in [3.8, 4) is 5.75 Å². The van der Waals surface area contributed by atoms with Crippen molar-refractivity contribution in [1.82, 2.24) is 26.4 Å². The predicted octanol–water partition coefficient (Wildman–Crippen LogP) is 5.76. The molecule has 278 valence electrons. The lowest BCUT2D eigenvalue weighted by Crippen LogP contribution is -2.51. The molecule has 0 bridgehead atoms. The minimum absolute atomic E-state index is 0.171. The molecule has 0 aliphatic carbocycles. The Bertz CT molecular complexity index is 1720. The zero-order valence-corrected chi connectivity index (χ0v) is 30.8. The fraction of sp³-hybridized carbons (Fsp3) is 0.400. The lowest BCUT2D eigenvalue weighted by molar-refractivity contribution is -0.170. The van der Waals surface area contributed by atoms with E-state index in [1.165, 1.54) is 0 Å². The smallest absolute Gasteiger partial charge is 0.338 e. The fourth-order valence-electron chi connectivity index (χ4n) is 5.72. The zero-order valence-electron chi connectivity index (χ0n) is 30.8. The molecule has 0 saturated heterocycles. The van der Waals surface area contributed by atoms with Crippen molar-refractivity contribution in [3.05, 3.63) is 108 Å². The van der Waals surface area contributed by atoms with Crippen LogP contribution >= 0.6 is 0 Å². The number of carbonyl (C=O) groups excluding carboxylic acids is 3. The Morgan fingerprint density at radius 3 is 2.15 bits per heavy atom. The molecule has 3 atom stereocenters. The van der Waals surface area contributed by atoms with Crippen molar-refractivity contribution < 1.29 is 33.4 Å². The molecule has 52 heavy (non-hydrogen) atoms. The number of nitrogens with one attached hydrogen (secondary N) is 4. The highest BCUT2D eigenvalue weighted by Crippen LogP contribution is 2.32. The third-order valence-electron chi connectivity index (χ3n) is 8.08. The van der Waals surface area contributed by atoms with Gasteiger partial charge in [-0.05, 0) is 86.3 Å². The number of amides is 4. The van der Waals surface area contributed by atoms with Gasteiger partial charge < -0.3 is 30.2 Å². The van der Waals surface area contributed by atoms with Gasteiger partial charge in [0.05, 0.1) is 6.04 Å². The Morgan fingerprint density at radius 2 is 1.48 bits per heavy atom. The molecule has 1 heterocycles. The average Bonchev–Trinajstić information content (AvgIpc) is 3.12. The second-order valence-corrected chi connectivity index (χ2v) is 13.3. The lowest BCUT2D eigenvalue weighted by Gasteiger charge is -2.33. The number of hydrogen-bond donors (Lipinski definition) is 4. The summed E-state index contributed by atoms with van der Waals surface area (Å²) < 4.78 is 18.0. The Balaban J connectivity index is 1.55. The number of carbonyl (C=O) groups is 3. The normalized spacial score (nSPS) is 13.2. The van der Waals surface area contributed by atoms with E-state index in [0.717, 1.165) is 27.5 Å². The van der Waals surface area contributed by atoms with Crippen molar-refractivity contribution in [3.63, 3.8) is 0 Å². The number of rotatable bonds is 18. The first-order valence-electron chi connectivity index (χ1n) is 17.6. The summed E-state index contributed by atoms with van der Waals surface area (Å²) >= 11 is 0. The molecule has 1 aromatic heterocycles. The quantitative estimate of drug-likeness (QED) is 0.0751. The predicted molar refractivity (Wildman–Crippen MR) is 199 cm³/mol. The van der Waals surface area contributed by atoms with Gasteiger partial charge in [-0.2, -0.15) is 0 Å². The average molecular weight is 714 g/mol. The summed E-state index contributed by atoms with van der Waals surface area (Å²) in [5.41, 5.74) is 4.37. The molecular weight excluding hydrogens is 662 g/mol. The van der Waals surface area contributed by atoms with Crippen molar-refractivity contribution >= 4 is 28.6 Å². The second-order valence-electron chi connectivity index (χ2n) is 13.3. The first kappa shape index (κ1) is 39.7. The molecule has 1 unspecified atom stereocenters. The van der Waals surface area contributed by atoms with Gasteiger partial charge in [0, 0.05) is 44.5 Å². The first-order valence-corrected chi connectivity index (χ1v) is 17.6. The molecule has 0 fully saturated rings. The van der Waals surface area contributed by atoms with Gasteiger partial charge in [-0.25, -0.2) is 10.3 Å². The van der Waals surface area contributed by atoms with Crippen molar-refractivity contribution in [2.24, 2.45) is 5.92 Å². The first-order chi connectivity index (χ1) is 25.0. The number of urea groups is 1. The van der Waals surface area contributed by atoms with Crippen LogP contribution in [0.5, 0.6) is 5.75 Å². The van der Waals surface area contributed by atoms with Gasteiger partial charge in [-0.1, -0.05) is 61.5 Å². The van der Waals surface area contributed by atoms with Crippen LogP contribution in [0.15, 0.2) is 91.3 Å². The van der Waals surface area contributed by atoms with Crippen LogP contribution in [0, 0.1) is 5.92 Å². The summed E-state index contributed by atoms with van der Waals surface area (Å²) in [4.78, 5) is 49.0. The number of aromatic nitrogens is 1. The Kier molecular flexibility index (Phi) is 14.9. The SMILES string of the molecule is CCOC(OCC)[C@@H](C)[C@H](NC(=O)C(Cc1ccc(OC(C)(C)C)cc1)NC(=O)CONC(=O)NCc1ccncc1)c1cccc2ccccc12. The van der Waals surface area contributed by atoms with Gasteiger partial charge >= 0.3 is 6.03 Å². The van der Waals surface area contributed by atoms with E-state index in [0.29, 0.717) is 19.0 Å². The molecule has 4 N–H and O–H groups in total. The van der Waals surface area contributed by atoms with E-state index in [1.807, 2.05) is 108 Å². The lowest BCUT2D eigenvalue weighted by atomic mass is 9.89. The molecule has 0 radical (unpaired) electrons. The van der Waals surface area contributed by atoms with Crippen molar-refractivity contribution in [2.75, 3.05) is 19.8 Å². The monoisotopic (exact) mass is 713 g/mol. The van der Waals surface area contributed by atoms with Crippen LogP contribution in [0.25, 0.3) is 10.8 Å². The topological polar surface area (TPSA) is 149 Å². The number of nitrogens with zero attached hydrogens (tertiary/aromatic N) is 1. The molecule has 4 amide bonds. The Hall–Kier alpha value is -5.04. The Labute approximate surface area is 305 Å². The van der Waals surface area contributed by atoms with Gasteiger partial charge in [0.1, 0.15) is 17.4 Å². The number of pyridine rings is 1. The largest absolute Gasteiger partial charge is 0.488 e. The number of hydrogen-bond acceptors (Lipinski definition) is 8. The van der Waals surface area contributed by atoms with Crippen LogP contribution in [0.1, 0.15) is 64.3 Å². The van der Waals surface area contributed by atoms with E-state index >= 15 is 0 Å². The van der Waals surface area contributed by atoms with Gasteiger partial charge in [0.15, 0.2) is 12.9 Å². The second kappa shape index (κ2) is 19.5. The highest BCUT2D eigenvalue weighted by molar-refractivity contribution is 5.90. The van der Waals surface area contributed by atoms with E-state index in [1.54, 1.807) is 24.5 Å².